The van der Waals surface area contributed by atoms with Crippen LogP contribution in [0.4, 0.5) is 13.2 Å². The van der Waals surface area contributed by atoms with Crippen LogP contribution in [0.2, 0.25) is 0 Å². The molecule has 1 aromatic carbocycles. The smallest absolute Gasteiger partial charge is 0.366 e. The molecule has 2 saturated heterocycles. The Morgan fingerprint density at radius 3 is 2.64 bits per heavy atom. The molecule has 0 radical (unpaired) electrons. The first-order chi connectivity index (χ1) is 11.9. The fourth-order valence-corrected chi connectivity index (χ4v) is 3.16. The number of carbonyl (C=O) groups is 1. The summed E-state index contributed by atoms with van der Waals surface area (Å²) in [6, 6.07) is 5.41. The van der Waals surface area contributed by atoms with Crippen molar-refractivity contribution in [1.29, 1.82) is 0 Å². The van der Waals surface area contributed by atoms with Crippen LogP contribution in [0.5, 0.6) is 0 Å². The summed E-state index contributed by atoms with van der Waals surface area (Å²) in [5, 5.41) is 3.14. The van der Waals surface area contributed by atoms with Gasteiger partial charge in [-0.2, -0.15) is 13.2 Å². The van der Waals surface area contributed by atoms with Gasteiger partial charge in [0.25, 0.3) is 5.91 Å². The zero-order valence-electron chi connectivity index (χ0n) is 13.9. The summed E-state index contributed by atoms with van der Waals surface area (Å²) in [7, 11) is 0. The molecule has 0 aromatic heterocycles. The van der Waals surface area contributed by atoms with Crippen molar-refractivity contribution >= 4 is 5.91 Å². The number of amides is 1. The lowest BCUT2D eigenvalue weighted by Gasteiger charge is -2.37. The maximum absolute atomic E-state index is 12.8. The molecule has 8 heteroatoms. The standard InChI is InChI=1S/C17H22F3N3O2/c18-17(19,20)14-3-1-2-13(10-14)12-22-5-7-23(8-6-22)16(24)15-11-21-4-9-25-15/h1-3,10,15,21H,4-9,11-12H2. The first-order valence-electron chi connectivity index (χ1n) is 8.43. The van der Waals surface area contributed by atoms with E-state index in [9.17, 15) is 18.0 Å². The van der Waals surface area contributed by atoms with E-state index in [1.807, 2.05) is 0 Å². The number of ether oxygens (including phenoxy) is 1. The molecule has 0 saturated carbocycles. The van der Waals surface area contributed by atoms with E-state index in [1.165, 1.54) is 12.1 Å². The third-order valence-corrected chi connectivity index (χ3v) is 4.55. The number of piperazine rings is 1. The van der Waals surface area contributed by atoms with Crippen LogP contribution in [-0.2, 0) is 22.3 Å². The van der Waals surface area contributed by atoms with Gasteiger partial charge in [-0.1, -0.05) is 18.2 Å². The number of morpholine rings is 1. The molecule has 2 aliphatic rings. The molecule has 2 aliphatic heterocycles. The molecular weight excluding hydrogens is 335 g/mol. The van der Waals surface area contributed by atoms with Gasteiger partial charge in [0.2, 0.25) is 0 Å². The van der Waals surface area contributed by atoms with Crippen LogP contribution in [0, 0.1) is 0 Å². The van der Waals surface area contributed by atoms with Gasteiger partial charge in [-0.05, 0) is 11.6 Å². The lowest BCUT2D eigenvalue weighted by molar-refractivity contribution is -0.147. The molecule has 25 heavy (non-hydrogen) atoms. The lowest BCUT2D eigenvalue weighted by Crippen LogP contribution is -2.54. The van der Waals surface area contributed by atoms with Gasteiger partial charge in [-0.25, -0.2) is 0 Å². The minimum Gasteiger partial charge on any atom is -0.366 e. The van der Waals surface area contributed by atoms with E-state index in [-0.39, 0.29) is 5.91 Å². The van der Waals surface area contributed by atoms with Gasteiger partial charge < -0.3 is 15.0 Å². The second-order valence-corrected chi connectivity index (χ2v) is 6.36. The first-order valence-corrected chi connectivity index (χ1v) is 8.43. The number of benzene rings is 1. The van der Waals surface area contributed by atoms with Gasteiger partial charge in [0.05, 0.1) is 12.2 Å². The Kier molecular flexibility index (Phi) is 5.61. The van der Waals surface area contributed by atoms with Crippen LogP contribution in [-0.4, -0.2) is 67.7 Å². The number of halogens is 3. The van der Waals surface area contributed by atoms with Crippen molar-refractivity contribution in [2.45, 2.75) is 18.8 Å². The summed E-state index contributed by atoms with van der Waals surface area (Å²) in [6.45, 7) is 4.69. The topological polar surface area (TPSA) is 44.8 Å². The molecule has 1 unspecified atom stereocenters. The highest BCUT2D eigenvalue weighted by Gasteiger charge is 2.31. The highest BCUT2D eigenvalue weighted by molar-refractivity contribution is 5.81. The quantitative estimate of drug-likeness (QED) is 0.887. The Morgan fingerprint density at radius 1 is 1.24 bits per heavy atom. The second-order valence-electron chi connectivity index (χ2n) is 6.36. The van der Waals surface area contributed by atoms with Crippen LogP contribution >= 0.6 is 0 Å². The molecule has 5 nitrogen and oxygen atoms in total. The minimum atomic E-state index is -4.32. The Hall–Kier alpha value is -1.64. The molecule has 138 valence electrons. The number of hydrogen-bond donors (Lipinski definition) is 1. The number of hydrogen-bond acceptors (Lipinski definition) is 4. The van der Waals surface area contributed by atoms with Gasteiger partial charge in [0.15, 0.2) is 0 Å². The van der Waals surface area contributed by atoms with Crippen LogP contribution < -0.4 is 5.32 Å². The predicted octanol–water partition coefficient (Wildman–Crippen LogP) is 1.34. The van der Waals surface area contributed by atoms with Crippen molar-refractivity contribution in [3.8, 4) is 0 Å². The summed E-state index contributed by atoms with van der Waals surface area (Å²) >= 11 is 0. The maximum Gasteiger partial charge on any atom is 0.416 e. The van der Waals surface area contributed by atoms with Crippen LogP contribution in [0.3, 0.4) is 0 Å². The van der Waals surface area contributed by atoms with E-state index in [0.29, 0.717) is 51.4 Å². The predicted molar refractivity (Wildman–Crippen MR) is 85.9 cm³/mol. The highest BCUT2D eigenvalue weighted by Crippen LogP contribution is 2.29. The van der Waals surface area contributed by atoms with Gasteiger partial charge in [0, 0.05) is 45.8 Å². The zero-order valence-corrected chi connectivity index (χ0v) is 13.9. The normalized spacial score (nSPS) is 22.8. The summed E-state index contributed by atoms with van der Waals surface area (Å²) in [4.78, 5) is 16.2. The Labute approximate surface area is 144 Å². The number of nitrogens with one attached hydrogen (secondary N) is 1. The number of carbonyl (C=O) groups excluding carboxylic acids is 1. The van der Waals surface area contributed by atoms with Gasteiger partial charge >= 0.3 is 6.18 Å². The van der Waals surface area contributed by atoms with E-state index in [1.54, 1.807) is 11.0 Å². The van der Waals surface area contributed by atoms with E-state index < -0.39 is 17.8 Å². The third kappa shape index (κ3) is 4.71. The fraction of sp³-hybridized carbons (Fsp3) is 0.588. The second kappa shape index (κ2) is 7.72. The Balaban J connectivity index is 1.52. The molecule has 2 heterocycles. The molecule has 1 atom stereocenters. The molecule has 1 N–H and O–H groups in total. The van der Waals surface area contributed by atoms with Gasteiger partial charge in [-0.3, -0.25) is 9.69 Å². The van der Waals surface area contributed by atoms with Gasteiger partial charge in [-0.15, -0.1) is 0 Å². The summed E-state index contributed by atoms with van der Waals surface area (Å²) < 4.78 is 43.9. The monoisotopic (exact) mass is 357 g/mol. The molecular formula is C17H22F3N3O2. The largest absolute Gasteiger partial charge is 0.416 e. The van der Waals surface area contributed by atoms with Crippen molar-refractivity contribution in [2.24, 2.45) is 0 Å². The third-order valence-electron chi connectivity index (χ3n) is 4.55. The molecule has 0 spiro atoms. The van der Waals surface area contributed by atoms with E-state index >= 15 is 0 Å². The fourth-order valence-electron chi connectivity index (χ4n) is 3.16. The van der Waals surface area contributed by atoms with Crippen molar-refractivity contribution in [2.75, 3.05) is 45.9 Å². The van der Waals surface area contributed by atoms with Crippen LogP contribution in [0.25, 0.3) is 0 Å². The maximum atomic E-state index is 12.8. The van der Waals surface area contributed by atoms with Crippen molar-refractivity contribution in [3.05, 3.63) is 35.4 Å². The van der Waals surface area contributed by atoms with E-state index in [4.69, 9.17) is 4.74 Å². The minimum absolute atomic E-state index is 0.00841. The van der Waals surface area contributed by atoms with Crippen LogP contribution in [0.15, 0.2) is 24.3 Å². The first kappa shape index (κ1) is 18.2. The number of rotatable bonds is 3. The average Bonchev–Trinajstić information content (AvgIpc) is 2.62. The van der Waals surface area contributed by atoms with E-state index in [2.05, 4.69) is 10.2 Å². The Morgan fingerprint density at radius 2 is 2.00 bits per heavy atom. The summed E-state index contributed by atoms with van der Waals surface area (Å²) in [5.41, 5.74) is 0.00942. The van der Waals surface area contributed by atoms with E-state index in [0.717, 1.165) is 12.6 Å². The summed E-state index contributed by atoms with van der Waals surface area (Å²) in [5.74, 6) is -0.00841. The highest BCUT2D eigenvalue weighted by atomic mass is 19.4. The SMILES string of the molecule is O=C(C1CNCCO1)N1CCN(Cc2cccc(C(F)(F)F)c2)CC1. The lowest BCUT2D eigenvalue weighted by atomic mass is 10.1. The molecule has 0 bridgehead atoms. The van der Waals surface area contributed by atoms with Crippen molar-refractivity contribution < 1.29 is 22.7 Å². The Bertz CT molecular complexity index is 595. The molecule has 1 aromatic rings. The zero-order chi connectivity index (χ0) is 17.9. The summed E-state index contributed by atoms with van der Waals surface area (Å²) in [6.07, 6.45) is -4.75. The van der Waals surface area contributed by atoms with Crippen molar-refractivity contribution in [3.63, 3.8) is 0 Å². The molecule has 2 fully saturated rings. The average molecular weight is 357 g/mol. The number of nitrogens with zero attached hydrogens (tertiary/aromatic N) is 2. The number of alkyl halides is 3. The van der Waals surface area contributed by atoms with Crippen LogP contribution in [0.1, 0.15) is 11.1 Å². The van der Waals surface area contributed by atoms with Crippen molar-refractivity contribution in [1.82, 2.24) is 15.1 Å². The van der Waals surface area contributed by atoms with Gasteiger partial charge in [0.1, 0.15) is 6.10 Å². The molecule has 3 rings (SSSR count). The molecule has 0 aliphatic carbocycles. The molecule has 1 amide bonds.